The number of hydrogen-bond acceptors (Lipinski definition) is 5. The summed E-state index contributed by atoms with van der Waals surface area (Å²) in [6, 6.07) is 20.5. The van der Waals surface area contributed by atoms with Gasteiger partial charge in [0.1, 0.15) is 5.82 Å². The fourth-order valence-corrected chi connectivity index (χ4v) is 4.54. The van der Waals surface area contributed by atoms with E-state index in [1.54, 1.807) is 16.7 Å². The maximum absolute atomic E-state index is 14.1. The van der Waals surface area contributed by atoms with Crippen LogP contribution in [0.3, 0.4) is 0 Å². The highest BCUT2D eigenvalue weighted by atomic mass is 79.9. The Hall–Kier alpha value is -3.01. The van der Waals surface area contributed by atoms with E-state index >= 15 is 0 Å². The number of benzene rings is 3. The highest BCUT2D eigenvalue weighted by Gasteiger charge is 2.20. The summed E-state index contributed by atoms with van der Waals surface area (Å²) in [6.45, 7) is -0.0280. The fraction of sp³-hybridized carbons (Fsp3) is 0.0833. The molecule has 0 aliphatic carbocycles. The molecule has 0 aliphatic rings. The van der Waals surface area contributed by atoms with Gasteiger partial charge in [0.05, 0.1) is 22.9 Å². The van der Waals surface area contributed by atoms with E-state index in [4.69, 9.17) is 11.6 Å². The van der Waals surface area contributed by atoms with E-state index in [0.29, 0.717) is 16.5 Å². The van der Waals surface area contributed by atoms with Crippen LogP contribution in [0.4, 0.5) is 4.39 Å². The van der Waals surface area contributed by atoms with Crippen LogP contribution in [0.25, 0.3) is 5.69 Å². The van der Waals surface area contributed by atoms with E-state index in [0.717, 1.165) is 10.2 Å². The number of thioether (sulfide) groups is 1. The molecular formula is C24H17BrClFN4O2S. The van der Waals surface area contributed by atoms with Crippen molar-refractivity contribution in [2.75, 3.05) is 5.75 Å². The van der Waals surface area contributed by atoms with Gasteiger partial charge in [0, 0.05) is 15.7 Å². The molecule has 6 nitrogen and oxygen atoms in total. The molecule has 0 unspecified atom stereocenters. The van der Waals surface area contributed by atoms with Crippen LogP contribution >= 0.6 is 39.3 Å². The number of ketones is 1. The van der Waals surface area contributed by atoms with Crippen molar-refractivity contribution in [2.45, 2.75) is 11.7 Å². The van der Waals surface area contributed by atoms with Crippen LogP contribution in [-0.2, 0) is 6.54 Å². The van der Waals surface area contributed by atoms with E-state index in [-0.39, 0.29) is 28.7 Å². The van der Waals surface area contributed by atoms with Crippen molar-refractivity contribution in [2.24, 2.45) is 0 Å². The van der Waals surface area contributed by atoms with Crippen molar-refractivity contribution in [3.63, 3.8) is 0 Å². The number of hydrogen-bond donors (Lipinski definition) is 1. The molecule has 3 aromatic carbocycles. The van der Waals surface area contributed by atoms with Crippen LogP contribution in [0, 0.1) is 5.82 Å². The molecular weight excluding hydrogens is 543 g/mol. The molecule has 34 heavy (non-hydrogen) atoms. The summed E-state index contributed by atoms with van der Waals surface area (Å²) in [5, 5.41) is 11.6. The smallest absolute Gasteiger partial charge is 0.256 e. The van der Waals surface area contributed by atoms with Crippen molar-refractivity contribution in [3.8, 4) is 5.69 Å². The summed E-state index contributed by atoms with van der Waals surface area (Å²) in [5.74, 6) is -0.842. The molecule has 172 valence electrons. The van der Waals surface area contributed by atoms with Crippen molar-refractivity contribution in [1.82, 2.24) is 20.1 Å². The summed E-state index contributed by atoms with van der Waals surface area (Å²) in [7, 11) is 0. The van der Waals surface area contributed by atoms with Gasteiger partial charge in [0.25, 0.3) is 5.91 Å². The van der Waals surface area contributed by atoms with E-state index < -0.39 is 11.7 Å². The summed E-state index contributed by atoms with van der Waals surface area (Å²) < 4.78 is 16.7. The van der Waals surface area contributed by atoms with Crippen LogP contribution in [0.2, 0.25) is 5.02 Å². The highest BCUT2D eigenvalue weighted by molar-refractivity contribution is 9.10. The van der Waals surface area contributed by atoms with E-state index in [1.807, 2.05) is 42.5 Å². The largest absolute Gasteiger partial charge is 0.345 e. The minimum Gasteiger partial charge on any atom is -0.345 e. The third-order valence-electron chi connectivity index (χ3n) is 4.81. The number of rotatable bonds is 8. The van der Waals surface area contributed by atoms with Gasteiger partial charge >= 0.3 is 0 Å². The van der Waals surface area contributed by atoms with E-state index in [1.165, 1.54) is 30.0 Å². The molecule has 0 aliphatic heterocycles. The predicted octanol–water partition coefficient (Wildman–Crippen LogP) is 5.73. The lowest BCUT2D eigenvalue weighted by atomic mass is 10.2. The van der Waals surface area contributed by atoms with Gasteiger partial charge in [0.15, 0.2) is 16.8 Å². The Morgan fingerprint density at radius 3 is 2.44 bits per heavy atom. The standard InChI is InChI=1S/C24H17BrClFN4O2S/c25-16-9-11-17(12-10-16)31-21(13-28-23(33)22-18(26)7-4-8-19(22)27)29-30-24(31)34-14-20(32)15-5-2-1-3-6-15/h1-12H,13-14H2,(H,28,33). The first-order valence-electron chi connectivity index (χ1n) is 10.1. The second-order valence-corrected chi connectivity index (χ2v) is 9.33. The molecule has 0 saturated heterocycles. The quantitative estimate of drug-likeness (QED) is 0.220. The number of nitrogens with one attached hydrogen (secondary N) is 1. The van der Waals surface area contributed by atoms with Crippen molar-refractivity contribution in [3.05, 3.63) is 105 Å². The molecule has 10 heteroatoms. The second kappa shape index (κ2) is 10.9. The third kappa shape index (κ3) is 5.55. The number of aromatic nitrogens is 3. The lowest BCUT2D eigenvalue weighted by molar-refractivity contribution is 0.0945. The molecule has 0 saturated carbocycles. The first-order chi connectivity index (χ1) is 16.4. The Morgan fingerprint density at radius 2 is 1.74 bits per heavy atom. The van der Waals surface area contributed by atoms with Gasteiger partial charge in [-0.15, -0.1) is 10.2 Å². The summed E-state index contributed by atoms with van der Waals surface area (Å²) in [5.41, 5.74) is 1.12. The normalized spacial score (nSPS) is 10.8. The molecule has 0 fully saturated rings. The van der Waals surface area contributed by atoms with Gasteiger partial charge in [-0.3, -0.25) is 14.2 Å². The van der Waals surface area contributed by atoms with Gasteiger partial charge in [-0.25, -0.2) is 4.39 Å². The third-order valence-corrected chi connectivity index (χ3v) is 6.58. The lowest BCUT2D eigenvalue weighted by Gasteiger charge is -2.12. The Morgan fingerprint density at radius 1 is 1.00 bits per heavy atom. The maximum atomic E-state index is 14.1. The van der Waals surface area contributed by atoms with Crippen LogP contribution in [0.1, 0.15) is 26.5 Å². The number of nitrogens with zero attached hydrogens (tertiary/aromatic N) is 3. The Bertz CT molecular complexity index is 1310. The zero-order valence-electron chi connectivity index (χ0n) is 17.5. The average molecular weight is 560 g/mol. The lowest BCUT2D eigenvalue weighted by Crippen LogP contribution is -2.26. The van der Waals surface area contributed by atoms with E-state index in [2.05, 4.69) is 31.4 Å². The van der Waals surface area contributed by atoms with Crippen molar-refractivity contribution >= 4 is 51.0 Å². The topological polar surface area (TPSA) is 76.9 Å². The zero-order valence-corrected chi connectivity index (χ0v) is 20.7. The Labute approximate surface area is 212 Å². The molecule has 0 bridgehead atoms. The molecule has 1 amide bonds. The van der Waals surface area contributed by atoms with Crippen LogP contribution in [0.5, 0.6) is 0 Å². The van der Waals surface area contributed by atoms with Gasteiger partial charge in [-0.2, -0.15) is 0 Å². The van der Waals surface area contributed by atoms with Gasteiger partial charge in [-0.1, -0.05) is 75.7 Å². The minimum absolute atomic E-state index is 0.0162. The summed E-state index contributed by atoms with van der Waals surface area (Å²) in [4.78, 5) is 25.1. The van der Waals surface area contributed by atoms with Gasteiger partial charge in [-0.05, 0) is 36.4 Å². The van der Waals surface area contributed by atoms with Gasteiger partial charge in [0.2, 0.25) is 0 Å². The van der Waals surface area contributed by atoms with Gasteiger partial charge < -0.3 is 5.32 Å². The molecule has 0 spiro atoms. The number of carbonyl (C=O) groups excluding carboxylic acids is 2. The number of halogens is 3. The van der Waals surface area contributed by atoms with Crippen molar-refractivity contribution < 1.29 is 14.0 Å². The van der Waals surface area contributed by atoms with Crippen LogP contribution < -0.4 is 5.32 Å². The SMILES string of the molecule is O=C(CSc1nnc(CNC(=O)c2c(F)cccc2Cl)n1-c1ccc(Br)cc1)c1ccccc1. The molecule has 4 rings (SSSR count). The van der Waals surface area contributed by atoms with E-state index in [9.17, 15) is 14.0 Å². The number of carbonyl (C=O) groups is 2. The first kappa shape index (κ1) is 24.1. The Kier molecular flexibility index (Phi) is 7.77. The van der Waals surface area contributed by atoms with Crippen LogP contribution in [0.15, 0.2) is 82.4 Å². The molecule has 4 aromatic rings. The minimum atomic E-state index is -0.713. The molecule has 1 N–H and O–H groups in total. The Balaban J connectivity index is 1.57. The monoisotopic (exact) mass is 558 g/mol. The fourth-order valence-electron chi connectivity index (χ4n) is 3.16. The zero-order chi connectivity index (χ0) is 24.1. The summed E-state index contributed by atoms with van der Waals surface area (Å²) in [6.07, 6.45) is 0. The second-order valence-electron chi connectivity index (χ2n) is 7.07. The number of Topliss-reactive ketones (excluding diaryl/α,β-unsaturated/α-hetero) is 1. The first-order valence-corrected chi connectivity index (χ1v) is 12.2. The number of amides is 1. The molecule has 0 atom stereocenters. The van der Waals surface area contributed by atoms with Crippen molar-refractivity contribution in [1.29, 1.82) is 0 Å². The maximum Gasteiger partial charge on any atom is 0.256 e. The highest BCUT2D eigenvalue weighted by Crippen LogP contribution is 2.25. The molecule has 1 aromatic heterocycles. The molecule has 1 heterocycles. The average Bonchev–Trinajstić information content (AvgIpc) is 3.25. The molecule has 0 radical (unpaired) electrons. The van der Waals surface area contributed by atoms with Crippen LogP contribution in [-0.4, -0.2) is 32.2 Å². The summed E-state index contributed by atoms with van der Waals surface area (Å²) >= 11 is 10.7. The predicted molar refractivity (Wildman–Crippen MR) is 133 cm³/mol.